The van der Waals surface area contributed by atoms with Gasteiger partial charge in [-0.3, -0.25) is 14.5 Å². The second-order valence-electron chi connectivity index (χ2n) is 7.05. The van der Waals surface area contributed by atoms with Crippen LogP contribution in [0.4, 0.5) is 5.13 Å². The van der Waals surface area contributed by atoms with Gasteiger partial charge in [-0.2, -0.15) is 0 Å². The third-order valence-corrected chi connectivity index (χ3v) is 7.11. The van der Waals surface area contributed by atoms with Crippen molar-refractivity contribution in [3.8, 4) is 0 Å². The summed E-state index contributed by atoms with van der Waals surface area (Å²) in [6, 6.07) is 2.40. The van der Waals surface area contributed by atoms with Crippen LogP contribution in [0.25, 0.3) is 0 Å². The van der Waals surface area contributed by atoms with E-state index in [9.17, 15) is 9.59 Å². The summed E-state index contributed by atoms with van der Waals surface area (Å²) < 4.78 is 0.729. The zero-order valence-corrected chi connectivity index (χ0v) is 18.1. The molecular weight excluding hydrogens is 378 g/mol. The lowest BCUT2D eigenvalue weighted by molar-refractivity contribution is -0.118. The lowest BCUT2D eigenvalue weighted by Crippen LogP contribution is -2.32. The molecule has 0 aliphatic heterocycles. The average molecular weight is 404 g/mol. The van der Waals surface area contributed by atoms with Crippen molar-refractivity contribution in [3.05, 3.63) is 33.9 Å². The van der Waals surface area contributed by atoms with Gasteiger partial charge in [-0.15, -0.1) is 10.2 Å². The highest BCUT2D eigenvalue weighted by Gasteiger charge is 2.35. The molecule has 0 radical (unpaired) electrons. The van der Waals surface area contributed by atoms with E-state index in [0.717, 1.165) is 45.0 Å². The average Bonchev–Trinajstić information content (AvgIpc) is 3.36. The first-order valence-electron chi connectivity index (χ1n) is 9.22. The van der Waals surface area contributed by atoms with Crippen molar-refractivity contribution < 1.29 is 9.59 Å². The number of rotatable bonds is 7. The van der Waals surface area contributed by atoms with Gasteiger partial charge in [0.15, 0.2) is 10.1 Å². The molecule has 0 spiro atoms. The molecule has 144 valence electrons. The lowest BCUT2D eigenvalue weighted by atomic mass is 9.92. The molecule has 7 heteroatoms. The van der Waals surface area contributed by atoms with Gasteiger partial charge in [-0.25, -0.2) is 0 Å². The minimum absolute atomic E-state index is 0.0859. The van der Waals surface area contributed by atoms with Gasteiger partial charge < -0.3 is 0 Å². The molecule has 0 atom stereocenters. The third kappa shape index (κ3) is 4.24. The summed E-state index contributed by atoms with van der Waals surface area (Å²) >= 11 is 2.80. The van der Waals surface area contributed by atoms with Crippen LogP contribution in [0.5, 0.6) is 0 Å². The normalized spacial score (nSPS) is 13.7. The number of anilines is 1. The Balaban J connectivity index is 1.72. The first kappa shape index (κ1) is 20.0. The predicted molar refractivity (Wildman–Crippen MR) is 111 cm³/mol. The Morgan fingerprint density at radius 3 is 2.33 bits per heavy atom. The quantitative estimate of drug-likeness (QED) is 0.382. The standard InChI is InChI=1S/C20H25N3O2S2/c1-6-17(25)23(15-7-8-15)19-21-22-20(27-19)26-10-16(24)18-13(4)11(2)9-12(3)14(18)5/h9,15H,6-8,10H2,1-5H3. The Morgan fingerprint density at radius 1 is 1.15 bits per heavy atom. The van der Waals surface area contributed by atoms with Crippen LogP contribution >= 0.6 is 23.1 Å². The predicted octanol–water partition coefficient (Wildman–Crippen LogP) is 4.65. The molecule has 1 saturated carbocycles. The second kappa shape index (κ2) is 8.10. The topological polar surface area (TPSA) is 63.2 Å². The van der Waals surface area contributed by atoms with Gasteiger partial charge in [-0.05, 0) is 62.8 Å². The molecule has 27 heavy (non-hydrogen) atoms. The summed E-state index contributed by atoms with van der Waals surface area (Å²) in [4.78, 5) is 26.8. The minimum atomic E-state index is 0.0859. The number of ketones is 1. The Hall–Kier alpha value is -1.73. The van der Waals surface area contributed by atoms with Crippen molar-refractivity contribution in [2.45, 2.75) is 64.3 Å². The maximum atomic E-state index is 12.8. The number of Topliss-reactive ketones (excluding diaryl/α,β-unsaturated/α-hetero) is 1. The van der Waals surface area contributed by atoms with Gasteiger partial charge in [-0.1, -0.05) is 36.1 Å². The van der Waals surface area contributed by atoms with E-state index in [-0.39, 0.29) is 17.7 Å². The third-order valence-electron chi connectivity index (χ3n) is 5.06. The molecule has 1 amide bonds. The molecule has 0 N–H and O–H groups in total. The summed E-state index contributed by atoms with van der Waals surface area (Å²) in [6.45, 7) is 9.96. The molecule has 3 rings (SSSR count). The number of nitrogens with zero attached hydrogens (tertiary/aromatic N) is 3. The number of amides is 1. The number of carbonyl (C=O) groups excluding carboxylic acids is 2. The van der Waals surface area contributed by atoms with Gasteiger partial charge >= 0.3 is 0 Å². The zero-order valence-electron chi connectivity index (χ0n) is 16.5. The number of hydrogen-bond donors (Lipinski definition) is 0. The number of aryl methyl sites for hydroxylation is 2. The monoisotopic (exact) mass is 403 g/mol. The highest BCUT2D eigenvalue weighted by atomic mass is 32.2. The van der Waals surface area contributed by atoms with Crippen molar-refractivity contribution in [2.24, 2.45) is 0 Å². The molecule has 5 nitrogen and oxygen atoms in total. The van der Waals surface area contributed by atoms with Gasteiger partial charge in [0.2, 0.25) is 11.0 Å². The van der Waals surface area contributed by atoms with Crippen LogP contribution < -0.4 is 4.90 Å². The van der Waals surface area contributed by atoms with Gasteiger partial charge in [0.1, 0.15) is 0 Å². The van der Waals surface area contributed by atoms with Crippen molar-refractivity contribution in [3.63, 3.8) is 0 Å². The number of thioether (sulfide) groups is 1. The summed E-state index contributed by atoms with van der Waals surface area (Å²) in [5, 5.41) is 9.05. The van der Waals surface area contributed by atoms with E-state index in [1.165, 1.54) is 23.1 Å². The van der Waals surface area contributed by atoms with Crippen molar-refractivity contribution in [1.82, 2.24) is 10.2 Å². The van der Waals surface area contributed by atoms with Crippen molar-refractivity contribution in [2.75, 3.05) is 10.7 Å². The van der Waals surface area contributed by atoms with E-state index >= 15 is 0 Å². The highest BCUT2D eigenvalue weighted by molar-refractivity contribution is 8.01. The van der Waals surface area contributed by atoms with E-state index in [2.05, 4.69) is 16.3 Å². The fourth-order valence-corrected chi connectivity index (χ4v) is 4.96. The van der Waals surface area contributed by atoms with Gasteiger partial charge in [0.25, 0.3) is 0 Å². The van der Waals surface area contributed by atoms with E-state index < -0.39 is 0 Å². The number of benzene rings is 1. The zero-order chi connectivity index (χ0) is 19.7. The molecule has 0 saturated heterocycles. The van der Waals surface area contributed by atoms with Crippen LogP contribution in [0.2, 0.25) is 0 Å². The van der Waals surface area contributed by atoms with Crippen LogP contribution in [0.15, 0.2) is 10.4 Å². The summed E-state index contributed by atoms with van der Waals surface area (Å²) in [6.07, 6.45) is 2.51. The van der Waals surface area contributed by atoms with Crippen molar-refractivity contribution in [1.29, 1.82) is 0 Å². The summed E-state index contributed by atoms with van der Waals surface area (Å²) in [5.41, 5.74) is 5.21. The largest absolute Gasteiger partial charge is 0.293 e. The fourth-order valence-electron chi connectivity index (χ4n) is 3.16. The first-order valence-corrected chi connectivity index (χ1v) is 11.0. The molecule has 1 aliphatic carbocycles. The molecule has 0 unspecified atom stereocenters. The maximum Gasteiger partial charge on any atom is 0.228 e. The van der Waals surface area contributed by atoms with E-state index in [0.29, 0.717) is 17.3 Å². The molecule has 0 bridgehead atoms. The minimum Gasteiger partial charge on any atom is -0.293 e. The van der Waals surface area contributed by atoms with Crippen LogP contribution in [-0.2, 0) is 4.79 Å². The summed E-state index contributed by atoms with van der Waals surface area (Å²) in [5.74, 6) is 0.523. The fraction of sp³-hybridized carbons (Fsp3) is 0.500. The summed E-state index contributed by atoms with van der Waals surface area (Å²) in [7, 11) is 0. The smallest absolute Gasteiger partial charge is 0.228 e. The molecule has 1 fully saturated rings. The van der Waals surface area contributed by atoms with Gasteiger partial charge in [0.05, 0.1) is 5.75 Å². The van der Waals surface area contributed by atoms with E-state index in [1.807, 2.05) is 34.6 Å². The van der Waals surface area contributed by atoms with E-state index in [4.69, 9.17) is 0 Å². The lowest BCUT2D eigenvalue weighted by Gasteiger charge is -2.17. The molecule has 1 aromatic carbocycles. The Kier molecular flexibility index (Phi) is 6.01. The van der Waals surface area contributed by atoms with Crippen LogP contribution in [0.1, 0.15) is 58.8 Å². The maximum absolute atomic E-state index is 12.8. The molecule has 1 heterocycles. The van der Waals surface area contributed by atoms with E-state index in [1.54, 1.807) is 4.90 Å². The Labute approximate surface area is 168 Å². The highest BCUT2D eigenvalue weighted by Crippen LogP contribution is 2.36. The Morgan fingerprint density at radius 2 is 1.78 bits per heavy atom. The van der Waals surface area contributed by atoms with Crippen LogP contribution in [0.3, 0.4) is 0 Å². The SMILES string of the molecule is CCC(=O)N(c1nnc(SCC(=O)c2c(C)c(C)cc(C)c2C)s1)C1CC1. The molecule has 1 aliphatic rings. The molecule has 2 aromatic rings. The molecular formula is C20H25N3O2S2. The number of hydrogen-bond acceptors (Lipinski definition) is 6. The van der Waals surface area contributed by atoms with Gasteiger partial charge in [0, 0.05) is 18.0 Å². The Bertz CT molecular complexity index is 861. The molecule has 1 aromatic heterocycles. The van der Waals surface area contributed by atoms with Crippen molar-refractivity contribution >= 4 is 39.9 Å². The number of carbonyl (C=O) groups is 2. The number of aromatic nitrogens is 2. The van der Waals surface area contributed by atoms with Crippen LogP contribution in [-0.4, -0.2) is 33.7 Å². The van der Waals surface area contributed by atoms with Crippen LogP contribution in [0, 0.1) is 27.7 Å². The second-order valence-corrected chi connectivity index (χ2v) is 9.22. The first-order chi connectivity index (χ1) is 12.8.